The SMILES string of the molecule is COC(=O)C/C=C/C(F)(F)F. The van der Waals surface area contributed by atoms with Crippen LogP contribution in [0.2, 0.25) is 0 Å². The molecule has 2 nitrogen and oxygen atoms in total. The fourth-order valence-electron chi connectivity index (χ4n) is 0.372. The lowest BCUT2D eigenvalue weighted by atomic mass is 10.4. The molecule has 0 N–H and O–H groups in total. The smallest absolute Gasteiger partial charge is 0.409 e. The first-order chi connectivity index (χ1) is 4.95. The molecule has 0 amide bonds. The minimum atomic E-state index is -4.35. The molecule has 0 saturated heterocycles. The second-order valence-corrected chi connectivity index (χ2v) is 1.72. The van der Waals surface area contributed by atoms with Crippen LogP contribution in [0.25, 0.3) is 0 Å². The summed E-state index contributed by atoms with van der Waals surface area (Å²) < 4.78 is 38.2. The molecule has 0 rings (SSSR count). The van der Waals surface area contributed by atoms with Gasteiger partial charge in [-0.15, -0.1) is 0 Å². The average Bonchev–Trinajstić information content (AvgIpc) is 1.85. The number of allylic oxidation sites excluding steroid dienone is 1. The summed E-state index contributed by atoms with van der Waals surface area (Å²) in [7, 11) is 1.11. The maximum absolute atomic E-state index is 11.4. The van der Waals surface area contributed by atoms with Crippen molar-refractivity contribution in [3.8, 4) is 0 Å². The largest absolute Gasteiger partial charge is 0.469 e. The van der Waals surface area contributed by atoms with E-state index in [0.717, 1.165) is 7.11 Å². The number of hydrogen-bond acceptors (Lipinski definition) is 2. The van der Waals surface area contributed by atoms with Crippen LogP contribution in [0, 0.1) is 0 Å². The van der Waals surface area contributed by atoms with E-state index in [1.54, 1.807) is 0 Å². The van der Waals surface area contributed by atoms with Crippen molar-refractivity contribution in [2.75, 3.05) is 7.11 Å². The normalized spacial score (nSPS) is 12.0. The van der Waals surface area contributed by atoms with Gasteiger partial charge in [-0.05, 0) is 0 Å². The van der Waals surface area contributed by atoms with E-state index >= 15 is 0 Å². The molecule has 11 heavy (non-hydrogen) atoms. The van der Waals surface area contributed by atoms with Gasteiger partial charge in [0.1, 0.15) is 0 Å². The molecule has 5 heteroatoms. The molecule has 0 bridgehead atoms. The van der Waals surface area contributed by atoms with Gasteiger partial charge in [-0.25, -0.2) is 0 Å². The molecule has 0 heterocycles. The fourth-order valence-corrected chi connectivity index (χ4v) is 0.372. The summed E-state index contributed by atoms with van der Waals surface area (Å²) in [5, 5.41) is 0. The van der Waals surface area contributed by atoms with Crippen molar-refractivity contribution in [3.05, 3.63) is 12.2 Å². The second kappa shape index (κ2) is 4.00. The number of carbonyl (C=O) groups is 1. The number of hydrogen-bond donors (Lipinski definition) is 0. The van der Waals surface area contributed by atoms with Crippen LogP contribution < -0.4 is 0 Å². The highest BCUT2D eigenvalue weighted by molar-refractivity contribution is 5.70. The Kier molecular flexibility index (Phi) is 3.64. The van der Waals surface area contributed by atoms with Crippen LogP contribution >= 0.6 is 0 Å². The Morgan fingerprint density at radius 1 is 1.55 bits per heavy atom. The van der Waals surface area contributed by atoms with Gasteiger partial charge in [-0.2, -0.15) is 13.2 Å². The Morgan fingerprint density at radius 2 is 2.09 bits per heavy atom. The minimum absolute atomic E-state index is 0.00389. The highest BCUT2D eigenvalue weighted by Gasteiger charge is 2.21. The first kappa shape index (κ1) is 10.0. The standard InChI is InChI=1S/C6H7F3O2/c1-11-5(10)3-2-4-6(7,8)9/h2,4H,3H2,1H3/b4-2+. The highest BCUT2D eigenvalue weighted by Crippen LogP contribution is 2.15. The Labute approximate surface area is 61.6 Å². The van der Waals surface area contributed by atoms with Crippen molar-refractivity contribution in [2.45, 2.75) is 12.6 Å². The number of carbonyl (C=O) groups excluding carboxylic acids is 1. The van der Waals surface area contributed by atoms with Gasteiger partial charge in [0.15, 0.2) is 0 Å². The Hall–Kier alpha value is -1.00. The summed E-state index contributed by atoms with van der Waals surface area (Å²) in [5.74, 6) is -0.689. The molecule has 0 saturated carbocycles. The van der Waals surface area contributed by atoms with Crippen LogP contribution in [0.1, 0.15) is 6.42 Å². The monoisotopic (exact) mass is 168 g/mol. The third kappa shape index (κ3) is 6.89. The molecule has 0 aromatic rings. The Morgan fingerprint density at radius 3 is 2.45 bits per heavy atom. The van der Waals surface area contributed by atoms with Gasteiger partial charge in [-0.3, -0.25) is 4.79 Å². The predicted octanol–water partition coefficient (Wildman–Crippen LogP) is 1.67. The van der Waals surface area contributed by atoms with Gasteiger partial charge in [0.2, 0.25) is 0 Å². The van der Waals surface area contributed by atoms with E-state index in [2.05, 4.69) is 4.74 Å². The number of ether oxygens (including phenoxy) is 1. The van der Waals surface area contributed by atoms with Gasteiger partial charge in [0.25, 0.3) is 0 Å². The summed E-state index contributed by atoms with van der Waals surface area (Å²) >= 11 is 0. The molecule has 0 aliphatic rings. The number of methoxy groups -OCH3 is 1. The van der Waals surface area contributed by atoms with Crippen LogP contribution in [0.5, 0.6) is 0 Å². The van der Waals surface area contributed by atoms with Crippen molar-refractivity contribution in [3.63, 3.8) is 0 Å². The predicted molar refractivity (Wildman–Crippen MR) is 31.8 cm³/mol. The van der Waals surface area contributed by atoms with Crippen molar-refractivity contribution in [2.24, 2.45) is 0 Å². The topological polar surface area (TPSA) is 26.3 Å². The van der Waals surface area contributed by atoms with E-state index < -0.39 is 12.1 Å². The minimum Gasteiger partial charge on any atom is -0.469 e. The van der Waals surface area contributed by atoms with Crippen LogP contribution in [0.3, 0.4) is 0 Å². The van der Waals surface area contributed by atoms with Crippen LogP contribution in [0.15, 0.2) is 12.2 Å². The van der Waals surface area contributed by atoms with Gasteiger partial charge < -0.3 is 4.74 Å². The lowest BCUT2D eigenvalue weighted by Gasteiger charge is -1.96. The molecular formula is C6H7F3O2. The molecule has 0 aromatic heterocycles. The molecule has 0 fully saturated rings. The van der Waals surface area contributed by atoms with E-state index in [9.17, 15) is 18.0 Å². The molecule has 0 radical (unpaired) electrons. The van der Waals surface area contributed by atoms with Crippen LogP contribution in [0.4, 0.5) is 13.2 Å². The second-order valence-electron chi connectivity index (χ2n) is 1.72. The number of halogens is 3. The summed E-state index contributed by atoms with van der Waals surface area (Å²) in [4.78, 5) is 10.3. The van der Waals surface area contributed by atoms with E-state index in [-0.39, 0.29) is 12.5 Å². The molecule has 0 aliphatic carbocycles. The molecule has 0 aromatic carbocycles. The van der Waals surface area contributed by atoms with E-state index in [4.69, 9.17) is 0 Å². The molecular weight excluding hydrogens is 161 g/mol. The number of esters is 1. The van der Waals surface area contributed by atoms with Gasteiger partial charge in [-0.1, -0.05) is 6.08 Å². The van der Waals surface area contributed by atoms with E-state index in [1.807, 2.05) is 0 Å². The Bertz CT molecular complexity index is 160. The first-order valence-electron chi connectivity index (χ1n) is 2.77. The van der Waals surface area contributed by atoms with E-state index in [0.29, 0.717) is 6.08 Å². The van der Waals surface area contributed by atoms with Crippen molar-refractivity contribution in [1.82, 2.24) is 0 Å². The zero-order valence-corrected chi connectivity index (χ0v) is 5.81. The highest BCUT2D eigenvalue weighted by atomic mass is 19.4. The first-order valence-corrected chi connectivity index (χ1v) is 2.77. The van der Waals surface area contributed by atoms with Crippen LogP contribution in [-0.4, -0.2) is 19.3 Å². The Balaban J connectivity index is 3.70. The molecule has 0 atom stereocenters. The fraction of sp³-hybridized carbons (Fsp3) is 0.500. The third-order valence-corrected chi connectivity index (χ3v) is 0.819. The van der Waals surface area contributed by atoms with Crippen LogP contribution in [-0.2, 0) is 9.53 Å². The number of alkyl halides is 3. The van der Waals surface area contributed by atoms with Gasteiger partial charge in [0, 0.05) is 6.08 Å². The van der Waals surface area contributed by atoms with Crippen molar-refractivity contribution in [1.29, 1.82) is 0 Å². The summed E-state index contributed by atoms with van der Waals surface area (Å²) in [5.41, 5.74) is 0. The third-order valence-electron chi connectivity index (χ3n) is 0.819. The summed E-state index contributed by atoms with van der Waals surface area (Å²) in [6, 6.07) is 0. The lowest BCUT2D eigenvalue weighted by Crippen LogP contribution is -2.02. The number of rotatable bonds is 2. The quantitative estimate of drug-likeness (QED) is 0.463. The lowest BCUT2D eigenvalue weighted by molar-refractivity contribution is -0.139. The average molecular weight is 168 g/mol. The molecule has 64 valence electrons. The van der Waals surface area contributed by atoms with Gasteiger partial charge in [0.05, 0.1) is 13.5 Å². The maximum Gasteiger partial charge on any atom is 0.409 e. The summed E-state index contributed by atoms with van der Waals surface area (Å²) in [6.07, 6.45) is -3.99. The van der Waals surface area contributed by atoms with Crippen molar-refractivity contribution < 1.29 is 22.7 Å². The van der Waals surface area contributed by atoms with Crippen molar-refractivity contribution >= 4 is 5.97 Å². The molecule has 0 aliphatic heterocycles. The maximum atomic E-state index is 11.4. The molecule has 0 spiro atoms. The molecule has 0 unspecified atom stereocenters. The van der Waals surface area contributed by atoms with E-state index in [1.165, 1.54) is 0 Å². The van der Waals surface area contributed by atoms with Gasteiger partial charge >= 0.3 is 12.1 Å². The zero-order valence-electron chi connectivity index (χ0n) is 5.81. The zero-order chi connectivity index (χ0) is 8.91. The summed E-state index contributed by atoms with van der Waals surface area (Å²) in [6.45, 7) is 0.